The Morgan fingerprint density at radius 1 is 1.26 bits per heavy atom. The van der Waals surface area contributed by atoms with Crippen LogP contribution in [0.2, 0.25) is 0 Å². The Kier molecular flexibility index (Phi) is 5.42. The molecule has 2 aliphatic carbocycles. The Labute approximate surface area is 156 Å². The average Bonchev–Trinajstić information content (AvgIpc) is 3.07. The van der Waals surface area contributed by atoms with E-state index in [-0.39, 0.29) is 46.7 Å². The molecular weight excluding hydrogens is 356 g/mol. The monoisotopic (exact) mass is 379 g/mol. The molecule has 2 unspecified atom stereocenters. The van der Waals surface area contributed by atoms with E-state index >= 15 is 0 Å². The molecule has 2 fully saturated rings. The first kappa shape index (κ1) is 19.6. The van der Waals surface area contributed by atoms with Gasteiger partial charge in [-0.3, -0.25) is 14.6 Å². The van der Waals surface area contributed by atoms with Gasteiger partial charge in [-0.1, -0.05) is 0 Å². The summed E-state index contributed by atoms with van der Waals surface area (Å²) in [5.74, 6) is -4.75. The van der Waals surface area contributed by atoms with Crippen LogP contribution in [0.25, 0.3) is 5.76 Å². The number of aromatic nitrogens is 1. The summed E-state index contributed by atoms with van der Waals surface area (Å²) < 4.78 is 32.3. The molecule has 0 radical (unpaired) electrons. The van der Waals surface area contributed by atoms with E-state index < -0.39 is 17.4 Å². The number of rotatable bonds is 6. The maximum Gasteiger partial charge on any atom is 0.286 e. The molecule has 2 aliphatic rings. The third-order valence-corrected chi connectivity index (χ3v) is 5.34. The SMILES string of the molecule is COCCCc1nc(C(C)(F)F)ccc1C(O)=C1C(=O)C2CCC(C2)C1=O. The predicted octanol–water partition coefficient (Wildman–Crippen LogP) is 3.61. The fourth-order valence-corrected chi connectivity index (χ4v) is 3.89. The summed E-state index contributed by atoms with van der Waals surface area (Å²) in [6.07, 6.45) is 2.61. The normalized spacial score (nSPS) is 22.4. The maximum atomic E-state index is 13.7. The van der Waals surface area contributed by atoms with Crippen molar-refractivity contribution < 1.29 is 28.2 Å². The van der Waals surface area contributed by atoms with Crippen LogP contribution < -0.4 is 0 Å². The molecule has 7 heteroatoms. The van der Waals surface area contributed by atoms with E-state index in [2.05, 4.69) is 4.98 Å². The third-order valence-electron chi connectivity index (χ3n) is 5.34. The number of ether oxygens (including phenoxy) is 1. The number of allylic oxidation sites excluding steroid dienone is 1. The number of methoxy groups -OCH3 is 1. The fourth-order valence-electron chi connectivity index (χ4n) is 3.89. The van der Waals surface area contributed by atoms with Crippen molar-refractivity contribution in [2.24, 2.45) is 11.8 Å². The van der Waals surface area contributed by atoms with E-state index in [4.69, 9.17) is 4.74 Å². The fraction of sp³-hybridized carbons (Fsp3) is 0.550. The lowest BCUT2D eigenvalue weighted by Gasteiger charge is -2.21. The molecule has 0 amide bonds. The van der Waals surface area contributed by atoms with Crippen molar-refractivity contribution in [2.45, 2.75) is 45.0 Å². The van der Waals surface area contributed by atoms with Gasteiger partial charge in [0.05, 0.1) is 5.69 Å². The van der Waals surface area contributed by atoms with Crippen LogP contribution in [-0.2, 0) is 26.7 Å². The van der Waals surface area contributed by atoms with Crippen LogP contribution in [0, 0.1) is 11.8 Å². The number of fused-ring (bicyclic) bond motifs is 2. The summed E-state index contributed by atoms with van der Waals surface area (Å²) in [6.45, 7) is 1.14. The summed E-state index contributed by atoms with van der Waals surface area (Å²) in [5.41, 5.74) is -0.218. The van der Waals surface area contributed by atoms with Crippen molar-refractivity contribution >= 4 is 17.3 Å². The Bertz CT molecular complexity index is 774. The van der Waals surface area contributed by atoms with Crippen LogP contribution in [-0.4, -0.2) is 35.4 Å². The van der Waals surface area contributed by atoms with Crippen LogP contribution in [0.1, 0.15) is 49.6 Å². The lowest BCUT2D eigenvalue weighted by atomic mass is 9.81. The van der Waals surface area contributed by atoms with Crippen LogP contribution in [0.4, 0.5) is 8.78 Å². The molecule has 0 saturated heterocycles. The average molecular weight is 379 g/mol. The zero-order chi connectivity index (χ0) is 19.8. The number of pyridine rings is 1. The zero-order valence-electron chi connectivity index (χ0n) is 15.4. The van der Waals surface area contributed by atoms with Crippen LogP contribution in [0.15, 0.2) is 17.7 Å². The molecule has 1 aromatic rings. The summed E-state index contributed by atoms with van der Waals surface area (Å²) in [5, 5.41) is 10.8. The van der Waals surface area contributed by atoms with E-state index in [1.54, 1.807) is 0 Å². The van der Waals surface area contributed by atoms with Gasteiger partial charge in [0, 0.05) is 38.0 Å². The largest absolute Gasteiger partial charge is 0.506 e. The molecule has 2 atom stereocenters. The highest BCUT2D eigenvalue weighted by atomic mass is 19.3. The molecule has 0 spiro atoms. The smallest absolute Gasteiger partial charge is 0.286 e. The highest BCUT2D eigenvalue weighted by Gasteiger charge is 2.45. The number of Topliss-reactive ketones (excluding diaryl/α,β-unsaturated/α-hetero) is 2. The summed E-state index contributed by atoms with van der Waals surface area (Å²) in [4.78, 5) is 29.2. The number of aryl methyl sites for hydroxylation is 1. The van der Waals surface area contributed by atoms with E-state index in [0.717, 1.165) is 13.0 Å². The standard InChI is InChI=1S/C20H23F2NO4/c1-20(21,22)15-8-7-13(14(23-15)4-3-9-27-2)19(26)16-17(24)11-5-6-12(10-11)18(16)25/h7-8,11-12,26H,3-6,9-10H2,1-2H3. The Balaban J connectivity index is 2.06. The number of alkyl halides is 2. The van der Waals surface area contributed by atoms with Gasteiger partial charge in [-0.25, -0.2) is 0 Å². The molecule has 5 nitrogen and oxygen atoms in total. The number of carbonyl (C=O) groups excluding carboxylic acids is 2. The first-order chi connectivity index (χ1) is 12.7. The minimum absolute atomic E-state index is 0.164. The van der Waals surface area contributed by atoms with Crippen LogP contribution in [0.3, 0.4) is 0 Å². The number of hydrogen-bond acceptors (Lipinski definition) is 5. The van der Waals surface area contributed by atoms with Crippen molar-refractivity contribution in [3.05, 3.63) is 34.7 Å². The summed E-state index contributed by atoms with van der Waals surface area (Å²) in [6, 6.07) is 2.44. The predicted molar refractivity (Wildman–Crippen MR) is 94.4 cm³/mol. The van der Waals surface area contributed by atoms with Gasteiger partial charge in [-0.2, -0.15) is 8.78 Å². The third kappa shape index (κ3) is 3.78. The zero-order valence-corrected chi connectivity index (χ0v) is 15.4. The van der Waals surface area contributed by atoms with Crippen molar-refractivity contribution in [3.8, 4) is 0 Å². The number of nitrogens with zero attached hydrogens (tertiary/aromatic N) is 1. The van der Waals surface area contributed by atoms with Gasteiger partial charge >= 0.3 is 0 Å². The van der Waals surface area contributed by atoms with Gasteiger partial charge < -0.3 is 9.84 Å². The summed E-state index contributed by atoms with van der Waals surface area (Å²) >= 11 is 0. The van der Waals surface area contributed by atoms with E-state index in [9.17, 15) is 23.5 Å². The first-order valence-corrected chi connectivity index (χ1v) is 9.13. The minimum Gasteiger partial charge on any atom is -0.506 e. The number of carbonyl (C=O) groups is 2. The second-order valence-corrected chi connectivity index (χ2v) is 7.33. The second kappa shape index (κ2) is 7.46. The molecule has 1 heterocycles. The van der Waals surface area contributed by atoms with Crippen molar-refractivity contribution in [2.75, 3.05) is 13.7 Å². The Hall–Kier alpha value is -2.15. The van der Waals surface area contributed by atoms with Crippen molar-refractivity contribution in [1.29, 1.82) is 0 Å². The molecule has 1 aromatic heterocycles. The highest BCUT2D eigenvalue weighted by molar-refractivity contribution is 6.27. The molecule has 146 valence electrons. The molecule has 2 saturated carbocycles. The van der Waals surface area contributed by atoms with E-state index in [0.29, 0.717) is 32.3 Å². The quantitative estimate of drug-likeness (QED) is 0.354. The van der Waals surface area contributed by atoms with Gasteiger partial charge in [0.25, 0.3) is 5.92 Å². The van der Waals surface area contributed by atoms with Crippen molar-refractivity contribution in [3.63, 3.8) is 0 Å². The summed E-state index contributed by atoms with van der Waals surface area (Å²) in [7, 11) is 1.53. The Morgan fingerprint density at radius 3 is 2.44 bits per heavy atom. The van der Waals surface area contributed by atoms with Crippen LogP contribution >= 0.6 is 0 Å². The number of ketones is 2. The van der Waals surface area contributed by atoms with E-state index in [1.165, 1.54) is 13.2 Å². The topological polar surface area (TPSA) is 76.5 Å². The van der Waals surface area contributed by atoms with Gasteiger partial charge in [0.1, 0.15) is 17.0 Å². The Morgan fingerprint density at radius 2 is 1.89 bits per heavy atom. The first-order valence-electron chi connectivity index (χ1n) is 9.13. The number of halogens is 2. The highest BCUT2D eigenvalue weighted by Crippen LogP contribution is 2.42. The number of aliphatic hydroxyl groups is 1. The molecular formula is C20H23F2NO4. The molecule has 0 aliphatic heterocycles. The maximum absolute atomic E-state index is 13.7. The number of aliphatic hydroxyl groups excluding tert-OH is 1. The molecule has 27 heavy (non-hydrogen) atoms. The van der Waals surface area contributed by atoms with Gasteiger partial charge in [0.2, 0.25) is 0 Å². The molecule has 3 rings (SSSR count). The molecule has 2 bridgehead atoms. The lowest BCUT2D eigenvalue weighted by Crippen LogP contribution is -2.30. The number of hydrogen-bond donors (Lipinski definition) is 1. The van der Waals surface area contributed by atoms with E-state index in [1.807, 2.05) is 0 Å². The minimum atomic E-state index is -3.13. The van der Waals surface area contributed by atoms with Gasteiger partial charge in [-0.15, -0.1) is 0 Å². The molecule has 0 aromatic carbocycles. The van der Waals surface area contributed by atoms with Crippen molar-refractivity contribution in [1.82, 2.24) is 4.98 Å². The van der Waals surface area contributed by atoms with Gasteiger partial charge in [-0.05, 0) is 44.2 Å². The van der Waals surface area contributed by atoms with Crippen LogP contribution in [0.5, 0.6) is 0 Å². The second-order valence-electron chi connectivity index (χ2n) is 7.33. The van der Waals surface area contributed by atoms with Gasteiger partial charge in [0.15, 0.2) is 11.6 Å². The molecule has 1 N–H and O–H groups in total. The lowest BCUT2D eigenvalue weighted by molar-refractivity contribution is -0.127.